The van der Waals surface area contributed by atoms with Crippen molar-refractivity contribution in [2.45, 2.75) is 20.8 Å². The van der Waals surface area contributed by atoms with Gasteiger partial charge in [0, 0.05) is 18.2 Å². The van der Waals surface area contributed by atoms with Crippen molar-refractivity contribution in [2.75, 3.05) is 19.8 Å². The molecule has 0 atom stereocenters. The average Bonchev–Trinajstić information content (AvgIpc) is 2.50. The number of benzene rings is 1. The molecular formula is C15H21N3O4. The summed E-state index contributed by atoms with van der Waals surface area (Å²) in [4.78, 5) is 22.6. The summed E-state index contributed by atoms with van der Waals surface area (Å²) in [6, 6.07) is 5.29. The summed E-state index contributed by atoms with van der Waals surface area (Å²) in [7, 11) is 0. The molecule has 0 aliphatic heterocycles. The summed E-state index contributed by atoms with van der Waals surface area (Å²) in [5.41, 5.74) is 2.82. The van der Waals surface area contributed by atoms with Gasteiger partial charge in [0.2, 0.25) is 0 Å². The third-order valence-electron chi connectivity index (χ3n) is 2.51. The van der Waals surface area contributed by atoms with Crippen LogP contribution in [0.3, 0.4) is 0 Å². The van der Waals surface area contributed by atoms with Gasteiger partial charge in [-0.25, -0.2) is 5.43 Å². The van der Waals surface area contributed by atoms with E-state index in [-0.39, 0.29) is 0 Å². The van der Waals surface area contributed by atoms with E-state index in [2.05, 4.69) is 15.8 Å². The van der Waals surface area contributed by atoms with Gasteiger partial charge in [-0.05, 0) is 32.9 Å². The molecule has 1 aromatic rings. The van der Waals surface area contributed by atoms with Crippen LogP contribution in [0.4, 0.5) is 0 Å². The van der Waals surface area contributed by atoms with Crippen LogP contribution in [0.15, 0.2) is 23.3 Å². The first-order valence-electron chi connectivity index (χ1n) is 7.13. The Hall–Kier alpha value is -2.57. The highest BCUT2D eigenvalue weighted by molar-refractivity contribution is 6.35. The van der Waals surface area contributed by atoms with Gasteiger partial charge in [-0.15, -0.1) is 0 Å². The number of nitrogens with zero attached hydrogens (tertiary/aromatic N) is 1. The smallest absolute Gasteiger partial charge is 0.329 e. The lowest BCUT2D eigenvalue weighted by atomic mass is 10.2. The Morgan fingerprint density at radius 1 is 1.14 bits per heavy atom. The topological polar surface area (TPSA) is 89.0 Å². The Labute approximate surface area is 129 Å². The van der Waals surface area contributed by atoms with Gasteiger partial charge in [0.15, 0.2) is 0 Å². The molecule has 0 radical (unpaired) electrons. The molecule has 0 spiro atoms. The zero-order valence-corrected chi connectivity index (χ0v) is 13.0. The normalized spacial score (nSPS) is 10.3. The number of nitrogens with one attached hydrogen (secondary N) is 2. The molecule has 0 bridgehead atoms. The summed E-state index contributed by atoms with van der Waals surface area (Å²) in [6.45, 7) is 6.91. The molecule has 0 heterocycles. The Morgan fingerprint density at radius 3 is 2.50 bits per heavy atom. The second-order valence-corrected chi connectivity index (χ2v) is 4.12. The first-order valence-corrected chi connectivity index (χ1v) is 7.13. The summed E-state index contributed by atoms with van der Waals surface area (Å²) < 4.78 is 10.9. The van der Waals surface area contributed by atoms with Gasteiger partial charge in [-0.2, -0.15) is 5.10 Å². The van der Waals surface area contributed by atoms with E-state index in [0.29, 0.717) is 36.8 Å². The maximum absolute atomic E-state index is 11.4. The highest BCUT2D eigenvalue weighted by Crippen LogP contribution is 2.23. The average molecular weight is 307 g/mol. The second-order valence-electron chi connectivity index (χ2n) is 4.12. The molecule has 2 amide bonds. The largest absolute Gasteiger partial charge is 0.494 e. The van der Waals surface area contributed by atoms with Crippen molar-refractivity contribution < 1.29 is 19.1 Å². The zero-order chi connectivity index (χ0) is 16.4. The molecule has 1 aromatic carbocycles. The second kappa shape index (κ2) is 9.38. The number of amides is 2. The Bertz CT molecular complexity index is 544. The van der Waals surface area contributed by atoms with E-state index in [1.165, 1.54) is 6.21 Å². The van der Waals surface area contributed by atoms with E-state index in [0.717, 1.165) is 0 Å². The van der Waals surface area contributed by atoms with E-state index in [9.17, 15) is 9.59 Å². The molecule has 0 aliphatic carbocycles. The lowest BCUT2D eigenvalue weighted by Gasteiger charge is -2.09. The van der Waals surface area contributed by atoms with Gasteiger partial charge in [0.1, 0.15) is 11.5 Å². The fourth-order valence-electron chi connectivity index (χ4n) is 1.61. The fourth-order valence-corrected chi connectivity index (χ4v) is 1.61. The van der Waals surface area contributed by atoms with Gasteiger partial charge in [-0.3, -0.25) is 9.59 Å². The van der Waals surface area contributed by atoms with Gasteiger partial charge in [-0.1, -0.05) is 0 Å². The summed E-state index contributed by atoms with van der Waals surface area (Å²) in [5, 5.41) is 6.14. The molecular weight excluding hydrogens is 286 g/mol. The van der Waals surface area contributed by atoms with E-state index in [1.807, 2.05) is 13.8 Å². The number of hydrogen-bond donors (Lipinski definition) is 2. The Balaban J connectivity index is 2.76. The van der Waals surface area contributed by atoms with Crippen molar-refractivity contribution in [3.63, 3.8) is 0 Å². The molecule has 1 rings (SSSR count). The van der Waals surface area contributed by atoms with Crippen molar-refractivity contribution >= 4 is 18.0 Å². The highest BCUT2D eigenvalue weighted by Gasteiger charge is 2.10. The lowest BCUT2D eigenvalue weighted by molar-refractivity contribution is -0.139. The zero-order valence-electron chi connectivity index (χ0n) is 13.0. The Kier molecular flexibility index (Phi) is 7.45. The first kappa shape index (κ1) is 17.5. The van der Waals surface area contributed by atoms with Crippen molar-refractivity contribution in [3.05, 3.63) is 23.8 Å². The molecule has 7 heteroatoms. The summed E-state index contributed by atoms with van der Waals surface area (Å²) in [5.74, 6) is -0.266. The van der Waals surface area contributed by atoms with Crippen LogP contribution >= 0.6 is 0 Å². The molecule has 22 heavy (non-hydrogen) atoms. The van der Waals surface area contributed by atoms with Crippen molar-refractivity contribution in [2.24, 2.45) is 5.10 Å². The third kappa shape index (κ3) is 5.43. The van der Waals surface area contributed by atoms with Crippen LogP contribution in [0, 0.1) is 0 Å². The number of carbonyl (C=O) groups excluding carboxylic acids is 2. The van der Waals surface area contributed by atoms with E-state index in [1.54, 1.807) is 25.1 Å². The third-order valence-corrected chi connectivity index (χ3v) is 2.51. The molecule has 0 saturated heterocycles. The molecule has 0 aliphatic rings. The first-order chi connectivity index (χ1) is 10.6. The predicted molar refractivity (Wildman–Crippen MR) is 83.2 cm³/mol. The summed E-state index contributed by atoms with van der Waals surface area (Å²) in [6.07, 6.45) is 1.41. The van der Waals surface area contributed by atoms with Crippen LogP contribution in [-0.4, -0.2) is 37.8 Å². The van der Waals surface area contributed by atoms with Gasteiger partial charge >= 0.3 is 11.8 Å². The highest BCUT2D eigenvalue weighted by atomic mass is 16.5. The van der Waals surface area contributed by atoms with Gasteiger partial charge in [0.25, 0.3) is 0 Å². The molecule has 0 fully saturated rings. The fraction of sp³-hybridized carbons (Fsp3) is 0.400. The maximum atomic E-state index is 11.4. The lowest BCUT2D eigenvalue weighted by Crippen LogP contribution is -2.37. The molecule has 120 valence electrons. The van der Waals surface area contributed by atoms with Crippen LogP contribution in [0.2, 0.25) is 0 Å². The number of hydrogen-bond acceptors (Lipinski definition) is 5. The van der Waals surface area contributed by atoms with Crippen LogP contribution in [-0.2, 0) is 9.59 Å². The maximum Gasteiger partial charge on any atom is 0.329 e. The van der Waals surface area contributed by atoms with Crippen molar-refractivity contribution in [1.82, 2.24) is 10.7 Å². The molecule has 0 unspecified atom stereocenters. The minimum atomic E-state index is -0.818. The van der Waals surface area contributed by atoms with E-state index >= 15 is 0 Å². The van der Waals surface area contributed by atoms with Gasteiger partial charge < -0.3 is 14.8 Å². The minimum Gasteiger partial charge on any atom is -0.494 e. The molecule has 0 aromatic heterocycles. The number of ether oxygens (including phenoxy) is 2. The monoisotopic (exact) mass is 307 g/mol. The molecule has 7 nitrogen and oxygen atoms in total. The Morgan fingerprint density at radius 2 is 1.86 bits per heavy atom. The predicted octanol–water partition coefficient (Wildman–Crippen LogP) is 1.07. The van der Waals surface area contributed by atoms with Gasteiger partial charge in [0.05, 0.1) is 19.4 Å². The van der Waals surface area contributed by atoms with Crippen molar-refractivity contribution in [1.29, 1.82) is 0 Å². The SMILES string of the molecule is CCNC(=O)C(=O)N/N=C\c1ccc(OCC)cc1OCC. The molecule has 2 N–H and O–H groups in total. The standard InChI is InChI=1S/C15H21N3O4/c1-4-16-14(19)15(20)18-17-10-11-7-8-12(21-5-2)9-13(11)22-6-3/h7-10H,4-6H2,1-3H3,(H,16,19)(H,18,20)/b17-10-. The van der Waals surface area contributed by atoms with E-state index in [4.69, 9.17) is 9.47 Å². The number of carbonyl (C=O) groups is 2. The van der Waals surface area contributed by atoms with Crippen LogP contribution in [0.5, 0.6) is 11.5 Å². The van der Waals surface area contributed by atoms with Crippen LogP contribution < -0.4 is 20.2 Å². The minimum absolute atomic E-state index is 0.378. The van der Waals surface area contributed by atoms with Crippen molar-refractivity contribution in [3.8, 4) is 11.5 Å². The molecule has 0 saturated carbocycles. The number of hydrazone groups is 1. The number of likely N-dealkylation sites (N-methyl/N-ethyl adjacent to an activating group) is 1. The van der Waals surface area contributed by atoms with E-state index < -0.39 is 11.8 Å². The van der Waals surface area contributed by atoms with Crippen LogP contribution in [0.25, 0.3) is 0 Å². The quantitative estimate of drug-likeness (QED) is 0.448. The van der Waals surface area contributed by atoms with Crippen LogP contribution in [0.1, 0.15) is 26.3 Å². The number of rotatable bonds is 7. The summed E-state index contributed by atoms with van der Waals surface area (Å²) >= 11 is 0.